The molecule has 3 heteroatoms. The Kier molecular flexibility index (Phi) is 8.04. The average molecular weight is 372 g/mol. The minimum Gasteiger partial charge on any atom is -0.412 e. The van der Waals surface area contributed by atoms with Crippen LogP contribution >= 0.6 is 0 Å². The Labute approximate surface area is 162 Å². The van der Waals surface area contributed by atoms with E-state index in [1.165, 1.54) is 15.6 Å². The minimum absolute atomic E-state index is 0. The van der Waals surface area contributed by atoms with Crippen LogP contribution in [-0.2, 0) is 0 Å². The van der Waals surface area contributed by atoms with Gasteiger partial charge in [-0.05, 0) is 12.1 Å². The maximum absolute atomic E-state index is 5.36. The Morgan fingerprint density at radius 3 is 0.889 bits per heavy atom. The summed E-state index contributed by atoms with van der Waals surface area (Å²) in [6, 6.07) is 42.2. The summed E-state index contributed by atoms with van der Waals surface area (Å²) in [7, 11) is -1.31. The van der Waals surface area contributed by atoms with Crippen LogP contribution in [0.3, 0.4) is 0 Å². The highest BCUT2D eigenvalue weighted by Crippen LogP contribution is 1.96. The maximum Gasteiger partial charge on any atom is 0.132 e. The third-order valence-electron chi connectivity index (χ3n) is 4.20. The van der Waals surface area contributed by atoms with Crippen molar-refractivity contribution in [2.24, 2.45) is 0 Å². The number of benzene rings is 4. The van der Waals surface area contributed by atoms with E-state index in [2.05, 4.69) is 91.0 Å². The van der Waals surface area contributed by atoms with Gasteiger partial charge in [0.2, 0.25) is 0 Å². The molecule has 2 nitrogen and oxygen atoms in total. The fourth-order valence-electron chi connectivity index (χ4n) is 2.97. The highest BCUT2D eigenvalue weighted by molar-refractivity contribution is 6.95. The largest absolute Gasteiger partial charge is 0.412 e. The number of hydrogen-bond donors (Lipinski definition) is 1. The smallest absolute Gasteiger partial charge is 0.132 e. The molecule has 0 fully saturated rings. The Morgan fingerprint density at radius 1 is 0.407 bits per heavy atom. The van der Waals surface area contributed by atoms with Crippen molar-refractivity contribution in [1.29, 1.82) is 0 Å². The van der Waals surface area contributed by atoms with E-state index >= 15 is 0 Å². The van der Waals surface area contributed by atoms with Crippen LogP contribution in [-0.4, -0.2) is 14.3 Å². The molecule has 0 heterocycles. The summed E-state index contributed by atoms with van der Waals surface area (Å²) in [5.74, 6) is 0. The van der Waals surface area contributed by atoms with Gasteiger partial charge >= 0.3 is 0 Å². The van der Waals surface area contributed by atoms with E-state index in [9.17, 15) is 0 Å². The second-order valence-corrected chi connectivity index (χ2v) is 8.94. The minimum atomic E-state index is -1.31. The molecule has 0 atom stereocenters. The lowest BCUT2D eigenvalue weighted by Gasteiger charge is -2.16. The van der Waals surface area contributed by atoms with Crippen molar-refractivity contribution in [1.82, 2.24) is 0 Å². The highest BCUT2D eigenvalue weighted by Gasteiger charge is 2.17. The normalized spacial score (nSPS) is 9.67. The summed E-state index contributed by atoms with van der Waals surface area (Å²) in [4.78, 5) is 0. The van der Waals surface area contributed by atoms with Gasteiger partial charge in [0, 0.05) is 5.69 Å². The lowest BCUT2D eigenvalue weighted by Crippen LogP contribution is -2.51. The van der Waals surface area contributed by atoms with Crippen molar-refractivity contribution in [3.63, 3.8) is 0 Å². The Morgan fingerprint density at radius 2 is 0.667 bits per heavy atom. The first-order valence-corrected chi connectivity index (χ1v) is 10.5. The molecular formula is C24H25NOSi. The van der Waals surface area contributed by atoms with Crippen molar-refractivity contribution in [2.75, 3.05) is 5.73 Å². The highest BCUT2D eigenvalue weighted by atomic mass is 28.3. The molecule has 0 aromatic heterocycles. The van der Waals surface area contributed by atoms with E-state index in [1.54, 1.807) is 0 Å². The molecule has 27 heavy (non-hydrogen) atoms. The van der Waals surface area contributed by atoms with Gasteiger partial charge < -0.3 is 11.2 Å². The van der Waals surface area contributed by atoms with Gasteiger partial charge in [0.1, 0.15) is 8.80 Å². The summed E-state index contributed by atoms with van der Waals surface area (Å²) >= 11 is 0. The van der Waals surface area contributed by atoms with Gasteiger partial charge in [-0.15, -0.1) is 0 Å². The van der Waals surface area contributed by atoms with Gasteiger partial charge in [-0.25, -0.2) is 0 Å². The molecule has 4 N–H and O–H groups in total. The van der Waals surface area contributed by atoms with Gasteiger partial charge in [-0.1, -0.05) is 125 Å². The third kappa shape index (κ3) is 5.96. The average Bonchev–Trinajstić information content (AvgIpc) is 2.72. The van der Waals surface area contributed by atoms with Gasteiger partial charge in [-0.3, -0.25) is 0 Å². The molecule has 0 unspecified atom stereocenters. The van der Waals surface area contributed by atoms with Crippen molar-refractivity contribution in [2.45, 2.75) is 0 Å². The van der Waals surface area contributed by atoms with Crippen molar-refractivity contribution in [3.05, 3.63) is 121 Å². The number of para-hydroxylation sites is 1. The van der Waals surface area contributed by atoms with Crippen molar-refractivity contribution in [3.8, 4) is 0 Å². The molecule has 0 saturated heterocycles. The Hall–Kier alpha value is -3.14. The maximum atomic E-state index is 5.36. The van der Waals surface area contributed by atoms with E-state index in [0.29, 0.717) is 0 Å². The fraction of sp³-hybridized carbons (Fsp3) is 0. The van der Waals surface area contributed by atoms with Crippen molar-refractivity contribution >= 4 is 30.0 Å². The van der Waals surface area contributed by atoms with E-state index < -0.39 is 8.80 Å². The monoisotopic (exact) mass is 371 g/mol. The summed E-state index contributed by atoms with van der Waals surface area (Å²) in [5, 5.41) is 4.42. The quantitative estimate of drug-likeness (QED) is 0.335. The van der Waals surface area contributed by atoms with Crippen molar-refractivity contribution < 1.29 is 5.48 Å². The van der Waals surface area contributed by atoms with Crippen LogP contribution < -0.4 is 21.3 Å². The second-order valence-electron chi connectivity index (χ2n) is 6.08. The molecule has 0 aliphatic rings. The third-order valence-corrected chi connectivity index (χ3v) is 7.35. The molecule has 0 aliphatic carbocycles. The number of rotatable bonds is 3. The standard InChI is InChI=1S/C18H16Si.C6H7N.H2O/c1-4-10-16(11-5-1)19(17-12-6-2-7-13-17)18-14-8-3-9-15-18;7-6-4-2-1-3-5-6;/h1-15,19H;1-5H,7H2;1H2. The number of nitrogens with two attached hydrogens (primary N) is 1. The molecule has 0 aliphatic heterocycles. The molecule has 0 saturated carbocycles. The second kappa shape index (κ2) is 10.8. The van der Waals surface area contributed by atoms with Gasteiger partial charge in [0.25, 0.3) is 0 Å². The van der Waals surface area contributed by atoms with Crippen LogP contribution in [0.25, 0.3) is 0 Å². The SMILES string of the molecule is Nc1ccccc1.O.c1ccc([SiH](c2ccccc2)c2ccccc2)cc1. The number of nitrogen functional groups attached to an aromatic ring is 1. The van der Waals surface area contributed by atoms with Crippen LogP contribution in [0.15, 0.2) is 121 Å². The van der Waals surface area contributed by atoms with Crippen LogP contribution in [0, 0.1) is 0 Å². The molecular weight excluding hydrogens is 346 g/mol. The number of hydrogen-bond acceptors (Lipinski definition) is 1. The lowest BCUT2D eigenvalue weighted by molar-refractivity contribution is 0.824. The molecule has 4 rings (SSSR count). The predicted molar refractivity (Wildman–Crippen MR) is 120 cm³/mol. The predicted octanol–water partition coefficient (Wildman–Crippen LogP) is 2.38. The van der Waals surface area contributed by atoms with E-state index in [0.717, 1.165) is 5.69 Å². The zero-order valence-electron chi connectivity index (χ0n) is 15.2. The van der Waals surface area contributed by atoms with Crippen LogP contribution in [0.2, 0.25) is 0 Å². The molecule has 136 valence electrons. The molecule has 0 spiro atoms. The van der Waals surface area contributed by atoms with Gasteiger partial charge in [-0.2, -0.15) is 0 Å². The zero-order chi connectivity index (χ0) is 18.0. The summed E-state index contributed by atoms with van der Waals surface area (Å²) < 4.78 is 0. The first-order chi connectivity index (χ1) is 12.8. The summed E-state index contributed by atoms with van der Waals surface area (Å²) in [6.45, 7) is 0. The first kappa shape index (κ1) is 20.2. The zero-order valence-corrected chi connectivity index (χ0v) is 16.4. The van der Waals surface area contributed by atoms with E-state index in [1.807, 2.05) is 30.3 Å². The molecule has 4 aromatic rings. The van der Waals surface area contributed by atoms with Crippen LogP contribution in [0.4, 0.5) is 5.69 Å². The summed E-state index contributed by atoms with van der Waals surface area (Å²) in [5.41, 5.74) is 6.18. The van der Waals surface area contributed by atoms with Gasteiger partial charge in [0.05, 0.1) is 0 Å². The molecule has 4 aromatic carbocycles. The van der Waals surface area contributed by atoms with E-state index in [4.69, 9.17) is 5.73 Å². The molecule has 0 bridgehead atoms. The Balaban J connectivity index is 0.000000278. The Bertz CT molecular complexity index is 790. The number of anilines is 1. The topological polar surface area (TPSA) is 57.5 Å². The van der Waals surface area contributed by atoms with Crippen LogP contribution in [0.1, 0.15) is 0 Å². The van der Waals surface area contributed by atoms with E-state index in [-0.39, 0.29) is 5.48 Å². The van der Waals surface area contributed by atoms with Gasteiger partial charge in [0.15, 0.2) is 0 Å². The lowest BCUT2D eigenvalue weighted by atomic mass is 10.3. The summed E-state index contributed by atoms with van der Waals surface area (Å²) in [6.07, 6.45) is 0. The van der Waals surface area contributed by atoms with Crippen LogP contribution in [0.5, 0.6) is 0 Å². The fourth-order valence-corrected chi connectivity index (χ4v) is 5.94. The molecule has 0 radical (unpaired) electrons. The molecule has 0 amide bonds. The first-order valence-electron chi connectivity index (χ1n) is 8.80.